The van der Waals surface area contributed by atoms with Gasteiger partial charge in [-0.2, -0.15) is 5.10 Å². The highest BCUT2D eigenvalue weighted by atomic mass is 79.9. The molecule has 206 valence electrons. The Hall–Kier alpha value is -2.76. The number of halogens is 4. The molecule has 0 aliphatic carbocycles. The van der Waals surface area contributed by atoms with Gasteiger partial charge in [-0.3, -0.25) is 4.79 Å². The monoisotopic (exact) mass is 595 g/mol. The summed E-state index contributed by atoms with van der Waals surface area (Å²) in [6.45, 7) is 6.50. The molecule has 1 aromatic heterocycles. The molecular weight excluding hydrogens is 563 g/mol. The van der Waals surface area contributed by atoms with Crippen LogP contribution in [0.15, 0.2) is 46.9 Å². The van der Waals surface area contributed by atoms with Crippen LogP contribution in [0, 0.1) is 17.0 Å². The van der Waals surface area contributed by atoms with Crippen LogP contribution in [0.1, 0.15) is 51.5 Å². The lowest BCUT2D eigenvalue weighted by Crippen LogP contribution is -2.47. The van der Waals surface area contributed by atoms with Crippen molar-refractivity contribution in [2.75, 3.05) is 13.2 Å². The summed E-state index contributed by atoms with van der Waals surface area (Å²) in [5.74, 6) is -1.68. The van der Waals surface area contributed by atoms with Gasteiger partial charge < -0.3 is 15.7 Å². The van der Waals surface area contributed by atoms with Gasteiger partial charge >= 0.3 is 0 Å². The fourth-order valence-electron chi connectivity index (χ4n) is 4.25. The Labute approximate surface area is 229 Å². The molecule has 38 heavy (non-hydrogen) atoms. The van der Waals surface area contributed by atoms with E-state index in [-0.39, 0.29) is 30.9 Å². The molecule has 0 spiro atoms. The third kappa shape index (κ3) is 7.21. The zero-order chi connectivity index (χ0) is 28.2. The first kappa shape index (κ1) is 29.8. The Kier molecular flexibility index (Phi) is 9.72. The Morgan fingerprint density at radius 2 is 1.92 bits per heavy atom. The Morgan fingerprint density at radius 1 is 1.21 bits per heavy atom. The Bertz CT molecular complexity index is 1260. The SMILES string of the molecule is C[C@H](O)C(=O)N(CCC(N)CF)[C@@H](c1nc(-c2cc(F)ccc2F)nn1Cc1cccc(Br)c1)C(C)(C)C. The van der Waals surface area contributed by atoms with E-state index in [2.05, 4.69) is 26.0 Å². The number of aliphatic hydroxyl groups is 1. The summed E-state index contributed by atoms with van der Waals surface area (Å²) in [7, 11) is 0. The first-order valence-corrected chi connectivity index (χ1v) is 13.1. The number of rotatable bonds is 10. The van der Waals surface area contributed by atoms with Crippen LogP contribution in [0.4, 0.5) is 13.2 Å². The maximum atomic E-state index is 14.7. The minimum absolute atomic E-state index is 0.0458. The predicted molar refractivity (Wildman–Crippen MR) is 143 cm³/mol. The number of nitrogens with two attached hydrogens (primary N) is 1. The molecule has 0 radical (unpaired) electrons. The third-order valence-corrected chi connectivity index (χ3v) is 6.54. The van der Waals surface area contributed by atoms with Crippen molar-refractivity contribution in [2.45, 2.75) is 58.8 Å². The Balaban J connectivity index is 2.22. The van der Waals surface area contributed by atoms with Crippen molar-refractivity contribution >= 4 is 21.8 Å². The van der Waals surface area contributed by atoms with Crippen LogP contribution in [-0.2, 0) is 11.3 Å². The maximum absolute atomic E-state index is 14.7. The Morgan fingerprint density at radius 3 is 2.53 bits per heavy atom. The molecule has 0 bridgehead atoms. The zero-order valence-corrected chi connectivity index (χ0v) is 23.4. The van der Waals surface area contributed by atoms with Crippen molar-refractivity contribution in [3.8, 4) is 11.4 Å². The summed E-state index contributed by atoms with van der Waals surface area (Å²) in [5.41, 5.74) is 5.87. The van der Waals surface area contributed by atoms with Gasteiger partial charge in [0.2, 0.25) is 0 Å². The van der Waals surface area contributed by atoms with Crippen molar-refractivity contribution in [2.24, 2.45) is 11.1 Å². The van der Waals surface area contributed by atoms with E-state index in [1.807, 2.05) is 45.0 Å². The van der Waals surface area contributed by atoms with E-state index in [0.717, 1.165) is 28.2 Å². The van der Waals surface area contributed by atoms with E-state index in [4.69, 9.17) is 5.73 Å². The van der Waals surface area contributed by atoms with Crippen molar-refractivity contribution in [1.82, 2.24) is 19.7 Å². The van der Waals surface area contributed by atoms with Crippen LogP contribution < -0.4 is 5.73 Å². The quantitative estimate of drug-likeness (QED) is 0.343. The van der Waals surface area contributed by atoms with E-state index >= 15 is 0 Å². The molecule has 0 saturated heterocycles. The molecule has 0 saturated carbocycles. The number of benzene rings is 2. The van der Waals surface area contributed by atoms with Crippen molar-refractivity contribution in [1.29, 1.82) is 0 Å². The van der Waals surface area contributed by atoms with E-state index in [1.54, 1.807) is 4.68 Å². The van der Waals surface area contributed by atoms with Gasteiger partial charge in [0.25, 0.3) is 5.91 Å². The first-order valence-electron chi connectivity index (χ1n) is 12.3. The van der Waals surface area contributed by atoms with Crippen LogP contribution in [-0.4, -0.2) is 56.0 Å². The fraction of sp³-hybridized carbons (Fsp3) is 0.444. The van der Waals surface area contributed by atoms with Crippen LogP contribution >= 0.6 is 15.9 Å². The number of hydrogen-bond donors (Lipinski definition) is 2. The second-order valence-corrected chi connectivity index (χ2v) is 11.3. The highest BCUT2D eigenvalue weighted by Crippen LogP contribution is 2.39. The van der Waals surface area contributed by atoms with Gasteiger partial charge in [-0.1, -0.05) is 48.8 Å². The average Bonchev–Trinajstić information content (AvgIpc) is 3.23. The smallest absolute Gasteiger partial charge is 0.251 e. The largest absolute Gasteiger partial charge is 0.384 e. The number of aromatic nitrogens is 3. The van der Waals surface area contributed by atoms with Crippen LogP contribution in [0.5, 0.6) is 0 Å². The number of carbonyl (C=O) groups excluding carboxylic acids is 1. The number of nitrogens with zero attached hydrogens (tertiary/aromatic N) is 4. The minimum atomic E-state index is -1.34. The summed E-state index contributed by atoms with van der Waals surface area (Å²) in [5, 5.41) is 14.8. The molecule has 3 N–H and O–H groups in total. The van der Waals surface area contributed by atoms with E-state index in [1.165, 1.54) is 11.8 Å². The summed E-state index contributed by atoms with van der Waals surface area (Å²) in [6, 6.07) is 8.94. The van der Waals surface area contributed by atoms with Gasteiger partial charge in [-0.25, -0.2) is 22.8 Å². The third-order valence-electron chi connectivity index (χ3n) is 6.05. The fourth-order valence-corrected chi connectivity index (χ4v) is 4.69. The van der Waals surface area contributed by atoms with Crippen molar-refractivity contribution in [3.63, 3.8) is 0 Å². The first-order chi connectivity index (χ1) is 17.8. The van der Waals surface area contributed by atoms with E-state index in [9.17, 15) is 23.1 Å². The standard InChI is InChI=1S/C27H33BrF3N5O2/c1-16(37)26(38)35(11-10-20(32)14-29)23(27(2,3)4)25-33-24(21-13-19(30)8-9-22(21)31)34-36(25)15-17-6-5-7-18(28)12-17/h5-9,12-13,16,20,23,37H,10-11,14-15,32H2,1-4H3/t16-,20?,23-/m0/s1. The molecule has 2 aromatic carbocycles. The van der Waals surface area contributed by atoms with Gasteiger partial charge in [-0.05, 0) is 54.7 Å². The lowest BCUT2D eigenvalue weighted by molar-refractivity contribution is -0.145. The van der Waals surface area contributed by atoms with Gasteiger partial charge in [0.15, 0.2) is 11.6 Å². The molecule has 7 nitrogen and oxygen atoms in total. The molecular formula is C27H33BrF3N5O2. The number of aliphatic hydroxyl groups excluding tert-OH is 1. The van der Waals surface area contributed by atoms with Crippen LogP contribution in [0.3, 0.4) is 0 Å². The van der Waals surface area contributed by atoms with E-state index in [0.29, 0.717) is 5.82 Å². The highest BCUT2D eigenvalue weighted by Gasteiger charge is 2.40. The molecule has 0 fully saturated rings. The molecule has 1 heterocycles. The maximum Gasteiger partial charge on any atom is 0.251 e. The topological polar surface area (TPSA) is 97.3 Å². The van der Waals surface area contributed by atoms with Gasteiger partial charge in [0.1, 0.15) is 24.4 Å². The molecule has 3 aromatic rings. The highest BCUT2D eigenvalue weighted by molar-refractivity contribution is 9.10. The zero-order valence-electron chi connectivity index (χ0n) is 21.8. The second-order valence-electron chi connectivity index (χ2n) is 10.4. The molecule has 1 unspecified atom stereocenters. The predicted octanol–water partition coefficient (Wildman–Crippen LogP) is 5.02. The number of alkyl halides is 1. The average molecular weight is 596 g/mol. The molecule has 0 aliphatic rings. The minimum Gasteiger partial charge on any atom is -0.384 e. The second kappa shape index (κ2) is 12.4. The number of amides is 1. The lowest BCUT2D eigenvalue weighted by Gasteiger charge is -2.40. The summed E-state index contributed by atoms with van der Waals surface area (Å²) < 4.78 is 44.4. The summed E-state index contributed by atoms with van der Waals surface area (Å²) >= 11 is 3.45. The molecule has 0 aliphatic heterocycles. The molecule has 3 rings (SSSR count). The normalized spacial score (nSPS) is 14.3. The van der Waals surface area contributed by atoms with Crippen molar-refractivity contribution < 1.29 is 23.1 Å². The summed E-state index contributed by atoms with van der Waals surface area (Å²) in [4.78, 5) is 19.3. The molecule has 11 heteroatoms. The van der Waals surface area contributed by atoms with E-state index < -0.39 is 47.8 Å². The molecule has 1 amide bonds. The van der Waals surface area contributed by atoms with Crippen LogP contribution in [0.25, 0.3) is 11.4 Å². The number of hydrogen-bond acceptors (Lipinski definition) is 5. The van der Waals surface area contributed by atoms with Crippen molar-refractivity contribution in [3.05, 3.63) is 70.0 Å². The lowest BCUT2D eigenvalue weighted by atomic mass is 9.84. The molecule has 3 atom stereocenters. The van der Waals surface area contributed by atoms with Crippen LogP contribution in [0.2, 0.25) is 0 Å². The van der Waals surface area contributed by atoms with Gasteiger partial charge in [-0.15, -0.1) is 0 Å². The summed E-state index contributed by atoms with van der Waals surface area (Å²) in [6.07, 6.45) is -1.20. The van der Waals surface area contributed by atoms with Gasteiger partial charge in [0, 0.05) is 17.1 Å². The van der Waals surface area contributed by atoms with Gasteiger partial charge in [0.05, 0.1) is 18.2 Å². The number of carbonyl (C=O) groups is 1.